The van der Waals surface area contributed by atoms with E-state index in [2.05, 4.69) is 9.97 Å². The van der Waals surface area contributed by atoms with Crippen LogP contribution < -0.4 is 5.73 Å². The van der Waals surface area contributed by atoms with Crippen molar-refractivity contribution in [1.29, 1.82) is 0 Å². The van der Waals surface area contributed by atoms with Gasteiger partial charge in [-0.15, -0.1) is 11.3 Å². The number of hydrogen-bond acceptors (Lipinski definition) is 8. The van der Waals surface area contributed by atoms with Crippen LogP contribution in [0, 0.1) is 0 Å². The Bertz CT molecular complexity index is 803. The number of aromatic nitrogens is 2. The van der Waals surface area contributed by atoms with Gasteiger partial charge in [-0.2, -0.15) is 0 Å². The fourth-order valence-electron chi connectivity index (χ4n) is 2.51. The second-order valence-electron chi connectivity index (χ2n) is 5.52. The Morgan fingerprint density at radius 3 is 2.46 bits per heavy atom. The molecule has 0 aromatic carbocycles. The van der Waals surface area contributed by atoms with Gasteiger partial charge in [0.15, 0.2) is 18.1 Å². The van der Waals surface area contributed by atoms with Gasteiger partial charge < -0.3 is 20.3 Å². The van der Waals surface area contributed by atoms with E-state index >= 15 is 0 Å². The zero-order chi connectivity index (χ0) is 18.5. The maximum Gasteiger partial charge on any atom is 0.361 e. The molecular formula is C16H17N5O4S. The van der Waals surface area contributed by atoms with Gasteiger partial charge in [0.1, 0.15) is 0 Å². The van der Waals surface area contributed by atoms with Crippen LogP contribution in [0.4, 0.5) is 5.82 Å². The Morgan fingerprint density at radius 2 is 1.81 bits per heavy atom. The van der Waals surface area contributed by atoms with Crippen molar-refractivity contribution in [3.8, 4) is 0 Å². The summed E-state index contributed by atoms with van der Waals surface area (Å²) in [5, 5.41) is 1.85. The lowest BCUT2D eigenvalue weighted by atomic mass is 10.3. The summed E-state index contributed by atoms with van der Waals surface area (Å²) in [6, 6.07) is 3.61. The maximum absolute atomic E-state index is 12.3. The Kier molecular flexibility index (Phi) is 5.42. The topological polar surface area (TPSA) is 119 Å². The molecule has 0 aliphatic carbocycles. The number of nitrogens with two attached hydrogens (primary N) is 1. The van der Waals surface area contributed by atoms with Crippen LogP contribution in [0.25, 0.3) is 0 Å². The zero-order valence-corrected chi connectivity index (χ0v) is 14.6. The van der Waals surface area contributed by atoms with E-state index in [0.717, 1.165) is 0 Å². The molecule has 0 spiro atoms. The largest absolute Gasteiger partial charge is 0.451 e. The summed E-state index contributed by atoms with van der Waals surface area (Å²) < 4.78 is 4.97. The molecule has 0 radical (unpaired) electrons. The van der Waals surface area contributed by atoms with E-state index in [4.69, 9.17) is 10.5 Å². The smallest absolute Gasteiger partial charge is 0.361 e. The summed E-state index contributed by atoms with van der Waals surface area (Å²) in [5.74, 6) is -1.21. The molecule has 1 aliphatic rings. The molecule has 0 saturated carbocycles. The third kappa shape index (κ3) is 3.97. The number of carbonyl (C=O) groups excluding carboxylic acids is 3. The number of thiophene rings is 1. The predicted octanol–water partition coefficient (Wildman–Crippen LogP) is 0.262. The van der Waals surface area contributed by atoms with Crippen molar-refractivity contribution in [1.82, 2.24) is 19.8 Å². The minimum absolute atomic E-state index is 0.0309. The van der Waals surface area contributed by atoms with Gasteiger partial charge in [0, 0.05) is 38.6 Å². The molecule has 2 aromatic heterocycles. The van der Waals surface area contributed by atoms with Crippen molar-refractivity contribution in [3.63, 3.8) is 0 Å². The summed E-state index contributed by atoms with van der Waals surface area (Å²) in [6.07, 6.45) is 2.67. The molecule has 3 rings (SSSR count). The number of nitrogen functional groups attached to an aromatic ring is 1. The van der Waals surface area contributed by atoms with Crippen LogP contribution in [0.2, 0.25) is 0 Å². The predicted molar refractivity (Wildman–Crippen MR) is 93.5 cm³/mol. The lowest BCUT2D eigenvalue weighted by Crippen LogP contribution is -2.51. The molecule has 1 saturated heterocycles. The average molecular weight is 375 g/mol. The number of carbonyl (C=O) groups is 3. The minimum Gasteiger partial charge on any atom is -0.451 e. The van der Waals surface area contributed by atoms with Gasteiger partial charge in [0.2, 0.25) is 0 Å². The fraction of sp³-hybridized carbons (Fsp3) is 0.312. The molecule has 0 unspecified atom stereocenters. The van der Waals surface area contributed by atoms with Gasteiger partial charge in [-0.05, 0) is 11.4 Å². The van der Waals surface area contributed by atoms with Crippen LogP contribution in [0.15, 0.2) is 29.9 Å². The summed E-state index contributed by atoms with van der Waals surface area (Å²) in [6.45, 7) is 1.25. The van der Waals surface area contributed by atoms with Crippen molar-refractivity contribution in [2.75, 3.05) is 38.5 Å². The van der Waals surface area contributed by atoms with Gasteiger partial charge >= 0.3 is 5.97 Å². The highest BCUT2D eigenvalue weighted by molar-refractivity contribution is 7.12. The summed E-state index contributed by atoms with van der Waals surface area (Å²) >= 11 is 1.39. The number of rotatable bonds is 4. The van der Waals surface area contributed by atoms with Crippen molar-refractivity contribution in [3.05, 3.63) is 40.5 Å². The Morgan fingerprint density at radius 1 is 1.12 bits per heavy atom. The third-order valence-corrected chi connectivity index (χ3v) is 4.76. The summed E-state index contributed by atoms with van der Waals surface area (Å²) in [5.41, 5.74) is 5.43. The molecule has 3 heterocycles. The average Bonchev–Trinajstić information content (AvgIpc) is 3.20. The van der Waals surface area contributed by atoms with Crippen molar-refractivity contribution in [2.24, 2.45) is 0 Å². The molecule has 0 bridgehead atoms. The first-order chi connectivity index (χ1) is 12.6. The third-order valence-electron chi connectivity index (χ3n) is 3.90. The van der Waals surface area contributed by atoms with Crippen LogP contribution in [-0.2, 0) is 9.53 Å². The van der Waals surface area contributed by atoms with Crippen LogP contribution in [0.1, 0.15) is 20.2 Å². The second-order valence-corrected chi connectivity index (χ2v) is 6.46. The minimum atomic E-state index is -0.796. The lowest BCUT2D eigenvalue weighted by Gasteiger charge is -2.34. The number of amides is 2. The normalized spacial score (nSPS) is 14.2. The molecule has 2 aromatic rings. The monoisotopic (exact) mass is 375 g/mol. The first-order valence-corrected chi connectivity index (χ1v) is 8.78. The first kappa shape index (κ1) is 17.8. The van der Waals surface area contributed by atoms with E-state index in [1.54, 1.807) is 15.9 Å². The molecule has 0 atom stereocenters. The number of piperazine rings is 1. The summed E-state index contributed by atoms with van der Waals surface area (Å²) in [7, 11) is 0. The second kappa shape index (κ2) is 7.91. The van der Waals surface area contributed by atoms with Gasteiger partial charge in [0.25, 0.3) is 11.8 Å². The molecule has 26 heavy (non-hydrogen) atoms. The maximum atomic E-state index is 12.3. The molecule has 10 heteroatoms. The fourth-order valence-corrected chi connectivity index (χ4v) is 3.20. The highest BCUT2D eigenvalue weighted by Gasteiger charge is 2.26. The number of anilines is 1. The van der Waals surface area contributed by atoms with E-state index in [1.165, 1.54) is 23.7 Å². The SMILES string of the molecule is Nc1nccnc1C(=O)OCC(=O)N1CCN(C(=O)c2cccs2)CC1. The van der Waals surface area contributed by atoms with E-state index in [1.807, 2.05) is 11.4 Å². The van der Waals surface area contributed by atoms with E-state index in [-0.39, 0.29) is 23.3 Å². The number of hydrogen-bond donors (Lipinski definition) is 1. The van der Waals surface area contributed by atoms with E-state index in [0.29, 0.717) is 31.1 Å². The Balaban J connectivity index is 1.47. The molecule has 1 aliphatic heterocycles. The van der Waals surface area contributed by atoms with Crippen molar-refractivity contribution >= 4 is 34.9 Å². The lowest BCUT2D eigenvalue weighted by molar-refractivity contribution is -0.136. The molecule has 9 nitrogen and oxygen atoms in total. The van der Waals surface area contributed by atoms with Gasteiger partial charge in [-0.25, -0.2) is 14.8 Å². The number of nitrogens with zero attached hydrogens (tertiary/aromatic N) is 4. The van der Waals surface area contributed by atoms with Crippen LogP contribution in [-0.4, -0.2) is 70.3 Å². The molecule has 1 fully saturated rings. The molecule has 2 N–H and O–H groups in total. The summed E-state index contributed by atoms with van der Waals surface area (Å²) in [4.78, 5) is 47.9. The number of ether oxygens (including phenoxy) is 1. The van der Waals surface area contributed by atoms with Crippen molar-refractivity contribution < 1.29 is 19.1 Å². The van der Waals surface area contributed by atoms with Crippen LogP contribution >= 0.6 is 11.3 Å². The molecular weight excluding hydrogens is 358 g/mol. The van der Waals surface area contributed by atoms with Gasteiger partial charge in [-0.1, -0.05) is 6.07 Å². The Hall–Kier alpha value is -3.01. The van der Waals surface area contributed by atoms with Crippen LogP contribution in [0.3, 0.4) is 0 Å². The first-order valence-electron chi connectivity index (χ1n) is 7.90. The number of esters is 1. The Labute approximate surface area is 153 Å². The quantitative estimate of drug-likeness (QED) is 0.762. The zero-order valence-electron chi connectivity index (χ0n) is 13.8. The highest BCUT2D eigenvalue weighted by atomic mass is 32.1. The molecule has 136 valence electrons. The van der Waals surface area contributed by atoms with Gasteiger partial charge in [-0.3, -0.25) is 9.59 Å². The molecule has 2 amide bonds. The van der Waals surface area contributed by atoms with E-state index in [9.17, 15) is 14.4 Å². The highest BCUT2D eigenvalue weighted by Crippen LogP contribution is 2.14. The van der Waals surface area contributed by atoms with Crippen LogP contribution in [0.5, 0.6) is 0 Å². The van der Waals surface area contributed by atoms with Gasteiger partial charge in [0.05, 0.1) is 4.88 Å². The van der Waals surface area contributed by atoms with E-state index < -0.39 is 12.6 Å². The van der Waals surface area contributed by atoms with Crippen molar-refractivity contribution in [2.45, 2.75) is 0 Å². The standard InChI is InChI=1S/C16H17N5O4S/c17-14-13(18-3-4-19-14)16(24)25-10-12(22)20-5-7-21(8-6-20)15(23)11-2-1-9-26-11/h1-4,9H,5-8,10H2,(H2,17,19).